The molecule has 2 nitrogen and oxygen atoms in total. The Balaban J connectivity index is 2.06. The van der Waals surface area contributed by atoms with Gasteiger partial charge < -0.3 is 5.11 Å². The van der Waals surface area contributed by atoms with E-state index in [9.17, 15) is 4.79 Å². The van der Waals surface area contributed by atoms with Crippen LogP contribution in [-0.4, -0.2) is 11.1 Å². The summed E-state index contributed by atoms with van der Waals surface area (Å²) in [6, 6.07) is 10.6. The number of hydrogen-bond donors (Lipinski definition) is 1. The van der Waals surface area contributed by atoms with Gasteiger partial charge in [-0.3, -0.25) is 0 Å². The lowest BCUT2D eigenvalue weighted by Gasteiger charge is -2.25. The number of aliphatic carboxylic acids is 1. The van der Waals surface area contributed by atoms with Crippen LogP contribution in [0.5, 0.6) is 0 Å². The summed E-state index contributed by atoms with van der Waals surface area (Å²) in [6.45, 7) is 1.93. The van der Waals surface area contributed by atoms with Gasteiger partial charge in [-0.05, 0) is 43.6 Å². The molecule has 1 fully saturated rings. The van der Waals surface area contributed by atoms with E-state index in [1.54, 1.807) is 0 Å². The Morgan fingerprint density at radius 2 is 1.83 bits per heavy atom. The van der Waals surface area contributed by atoms with E-state index in [0.29, 0.717) is 17.9 Å². The van der Waals surface area contributed by atoms with E-state index < -0.39 is 5.97 Å². The number of carboxylic acid groups (broad SMARTS) is 1. The van der Waals surface area contributed by atoms with Crippen molar-refractivity contribution in [2.75, 3.05) is 0 Å². The molecule has 2 rings (SSSR count). The van der Waals surface area contributed by atoms with E-state index in [4.69, 9.17) is 5.11 Å². The lowest BCUT2D eigenvalue weighted by molar-refractivity contribution is -0.132. The maximum atomic E-state index is 11.1. The van der Waals surface area contributed by atoms with Gasteiger partial charge in [0.25, 0.3) is 0 Å². The van der Waals surface area contributed by atoms with Gasteiger partial charge in [-0.1, -0.05) is 42.8 Å². The average Bonchev–Trinajstić information content (AvgIpc) is 2.41. The highest BCUT2D eigenvalue weighted by Crippen LogP contribution is 2.37. The number of hydrogen-bond acceptors (Lipinski definition) is 1. The lowest BCUT2D eigenvalue weighted by Crippen LogP contribution is -2.11. The first kappa shape index (κ1) is 12.9. The first-order valence-corrected chi connectivity index (χ1v) is 6.71. The summed E-state index contributed by atoms with van der Waals surface area (Å²) in [5.74, 6) is -0.132. The molecular formula is C16H20O2. The van der Waals surface area contributed by atoms with Crippen LogP contribution in [-0.2, 0) is 4.79 Å². The molecule has 0 radical (unpaired) electrons. The van der Waals surface area contributed by atoms with Crippen LogP contribution in [0, 0.1) is 0 Å². The molecule has 0 unspecified atom stereocenters. The summed E-state index contributed by atoms with van der Waals surface area (Å²) < 4.78 is 0. The second-order valence-electron chi connectivity index (χ2n) is 4.93. The SMILES string of the molecule is CCC(C(=O)O)=C1CCC(c2ccccc2)CC1. The minimum atomic E-state index is -0.731. The highest BCUT2D eigenvalue weighted by atomic mass is 16.4. The zero-order chi connectivity index (χ0) is 13.0. The van der Waals surface area contributed by atoms with Crippen molar-refractivity contribution in [1.29, 1.82) is 0 Å². The topological polar surface area (TPSA) is 37.3 Å². The third kappa shape index (κ3) is 2.81. The van der Waals surface area contributed by atoms with Crippen molar-refractivity contribution in [3.05, 3.63) is 47.0 Å². The van der Waals surface area contributed by atoms with Crippen LogP contribution in [0.4, 0.5) is 0 Å². The van der Waals surface area contributed by atoms with Gasteiger partial charge >= 0.3 is 5.97 Å². The van der Waals surface area contributed by atoms with Gasteiger partial charge in [0, 0.05) is 5.57 Å². The average molecular weight is 244 g/mol. The van der Waals surface area contributed by atoms with Gasteiger partial charge in [-0.15, -0.1) is 0 Å². The highest BCUT2D eigenvalue weighted by molar-refractivity contribution is 5.87. The van der Waals surface area contributed by atoms with E-state index in [0.717, 1.165) is 31.3 Å². The summed E-state index contributed by atoms with van der Waals surface area (Å²) in [4.78, 5) is 11.1. The number of carboxylic acids is 1. The van der Waals surface area contributed by atoms with Crippen LogP contribution in [0.15, 0.2) is 41.5 Å². The van der Waals surface area contributed by atoms with Crippen molar-refractivity contribution in [3.63, 3.8) is 0 Å². The predicted molar refractivity (Wildman–Crippen MR) is 72.6 cm³/mol. The van der Waals surface area contributed by atoms with Crippen LogP contribution < -0.4 is 0 Å². The molecule has 0 aliphatic heterocycles. The van der Waals surface area contributed by atoms with E-state index in [2.05, 4.69) is 24.3 Å². The molecule has 0 heterocycles. The Morgan fingerprint density at radius 1 is 1.22 bits per heavy atom. The van der Waals surface area contributed by atoms with Crippen molar-refractivity contribution in [3.8, 4) is 0 Å². The minimum Gasteiger partial charge on any atom is -0.478 e. The fraction of sp³-hybridized carbons (Fsp3) is 0.438. The fourth-order valence-electron chi connectivity index (χ4n) is 2.88. The Bertz CT molecular complexity index is 435. The fourth-order valence-corrected chi connectivity index (χ4v) is 2.88. The van der Waals surface area contributed by atoms with Crippen LogP contribution in [0.3, 0.4) is 0 Å². The molecule has 1 aromatic carbocycles. The predicted octanol–water partition coefficient (Wildman–Crippen LogP) is 4.14. The third-order valence-electron chi connectivity index (χ3n) is 3.90. The molecular weight excluding hydrogens is 224 g/mol. The van der Waals surface area contributed by atoms with Crippen LogP contribution in [0.25, 0.3) is 0 Å². The number of benzene rings is 1. The molecule has 1 N–H and O–H groups in total. The molecule has 2 heteroatoms. The van der Waals surface area contributed by atoms with Crippen LogP contribution >= 0.6 is 0 Å². The third-order valence-corrected chi connectivity index (χ3v) is 3.90. The first-order chi connectivity index (χ1) is 8.72. The molecule has 18 heavy (non-hydrogen) atoms. The molecule has 0 aromatic heterocycles. The first-order valence-electron chi connectivity index (χ1n) is 6.71. The quantitative estimate of drug-likeness (QED) is 0.811. The van der Waals surface area contributed by atoms with Crippen molar-refractivity contribution in [1.82, 2.24) is 0 Å². The summed E-state index contributed by atoms with van der Waals surface area (Å²) >= 11 is 0. The summed E-state index contributed by atoms with van der Waals surface area (Å²) in [7, 11) is 0. The van der Waals surface area contributed by atoms with E-state index in [-0.39, 0.29) is 0 Å². The van der Waals surface area contributed by atoms with Crippen LogP contribution in [0.2, 0.25) is 0 Å². The maximum absolute atomic E-state index is 11.1. The molecule has 0 bridgehead atoms. The molecule has 1 aliphatic rings. The van der Waals surface area contributed by atoms with E-state index >= 15 is 0 Å². The maximum Gasteiger partial charge on any atom is 0.331 e. The molecule has 1 aromatic rings. The van der Waals surface area contributed by atoms with Gasteiger partial charge in [0.2, 0.25) is 0 Å². The number of rotatable bonds is 3. The molecule has 0 saturated heterocycles. The summed E-state index contributed by atoms with van der Waals surface area (Å²) in [5.41, 5.74) is 3.20. The summed E-state index contributed by atoms with van der Waals surface area (Å²) in [5, 5.41) is 9.15. The Kier molecular flexibility index (Phi) is 4.19. The van der Waals surface area contributed by atoms with Gasteiger partial charge in [0.1, 0.15) is 0 Å². The number of allylic oxidation sites excluding steroid dienone is 1. The Labute approximate surface area is 108 Å². The number of carbonyl (C=O) groups is 1. The molecule has 1 saturated carbocycles. The van der Waals surface area contributed by atoms with Gasteiger partial charge in [0.05, 0.1) is 0 Å². The Morgan fingerprint density at radius 3 is 2.33 bits per heavy atom. The smallest absolute Gasteiger partial charge is 0.331 e. The minimum absolute atomic E-state index is 0.599. The zero-order valence-electron chi connectivity index (χ0n) is 10.9. The van der Waals surface area contributed by atoms with Crippen molar-refractivity contribution in [2.24, 2.45) is 0 Å². The van der Waals surface area contributed by atoms with Crippen molar-refractivity contribution in [2.45, 2.75) is 44.9 Å². The normalized spacial score (nSPS) is 19.6. The van der Waals surface area contributed by atoms with Crippen molar-refractivity contribution >= 4 is 5.97 Å². The molecule has 1 aliphatic carbocycles. The molecule has 0 amide bonds. The van der Waals surface area contributed by atoms with Gasteiger partial charge in [-0.25, -0.2) is 4.79 Å². The standard InChI is InChI=1S/C16H20O2/c1-2-15(16(17)18)14-10-8-13(9-11-14)12-6-4-3-5-7-12/h3-7,13H,2,8-11H2,1H3,(H,17,18). The summed E-state index contributed by atoms with van der Waals surface area (Å²) in [6.07, 6.45) is 4.68. The monoisotopic (exact) mass is 244 g/mol. The second-order valence-corrected chi connectivity index (χ2v) is 4.93. The van der Waals surface area contributed by atoms with Gasteiger partial charge in [0.15, 0.2) is 0 Å². The Hall–Kier alpha value is -1.57. The zero-order valence-corrected chi connectivity index (χ0v) is 10.9. The lowest BCUT2D eigenvalue weighted by atomic mass is 9.80. The molecule has 0 atom stereocenters. The van der Waals surface area contributed by atoms with Gasteiger partial charge in [-0.2, -0.15) is 0 Å². The van der Waals surface area contributed by atoms with Crippen molar-refractivity contribution < 1.29 is 9.90 Å². The molecule has 96 valence electrons. The highest BCUT2D eigenvalue weighted by Gasteiger charge is 2.21. The largest absolute Gasteiger partial charge is 0.478 e. The second kappa shape index (κ2) is 5.85. The van der Waals surface area contributed by atoms with Crippen LogP contribution in [0.1, 0.15) is 50.5 Å². The van der Waals surface area contributed by atoms with E-state index in [1.807, 2.05) is 13.0 Å². The molecule has 0 spiro atoms. The van der Waals surface area contributed by atoms with E-state index in [1.165, 1.54) is 5.56 Å².